The third-order valence-electron chi connectivity index (χ3n) is 4.81. The molecule has 0 unspecified atom stereocenters. The molecule has 2 heterocycles. The van der Waals surface area contributed by atoms with Crippen LogP contribution in [0.25, 0.3) is 20.5 Å². The molecule has 0 atom stereocenters. The number of hydrogen-bond acceptors (Lipinski definition) is 6. The van der Waals surface area contributed by atoms with Crippen LogP contribution in [-0.4, -0.2) is 49.9 Å². The zero-order valence-electron chi connectivity index (χ0n) is 15.4. The number of thiophene rings is 1. The van der Waals surface area contributed by atoms with E-state index in [1.807, 2.05) is 18.2 Å². The molecule has 2 aromatic carbocycles. The number of nitrogen functional groups attached to an aromatic ring is 1. The number of benzene rings is 2. The number of anilines is 2. The number of carbonyl (C=O) groups is 1. The Balaban J connectivity index is 1.62. The summed E-state index contributed by atoms with van der Waals surface area (Å²) < 4.78 is 6.50. The summed E-state index contributed by atoms with van der Waals surface area (Å²) in [4.78, 5) is 15.6. The van der Waals surface area contributed by atoms with Crippen molar-refractivity contribution in [1.29, 1.82) is 5.41 Å². The maximum absolute atomic E-state index is 12.5. The van der Waals surface area contributed by atoms with Crippen LogP contribution in [0.1, 0.15) is 5.56 Å². The van der Waals surface area contributed by atoms with Gasteiger partial charge in [0.15, 0.2) is 0 Å². The number of amides is 1. The Hall–Kier alpha value is -2.74. The van der Waals surface area contributed by atoms with Crippen LogP contribution >= 0.6 is 11.3 Å². The zero-order chi connectivity index (χ0) is 19.5. The molecule has 0 bridgehead atoms. The van der Waals surface area contributed by atoms with Crippen molar-refractivity contribution in [2.24, 2.45) is 0 Å². The third kappa shape index (κ3) is 3.91. The first-order valence-corrected chi connectivity index (χ1v) is 9.98. The topological polar surface area (TPSA) is 91.4 Å². The van der Waals surface area contributed by atoms with Crippen LogP contribution in [0.5, 0.6) is 0 Å². The first-order chi connectivity index (χ1) is 13.6. The Morgan fingerprint density at radius 1 is 1.25 bits per heavy atom. The number of morpholine rings is 1. The Kier molecular flexibility index (Phi) is 5.38. The van der Waals surface area contributed by atoms with Gasteiger partial charge in [-0.15, -0.1) is 11.3 Å². The smallest absolute Gasteiger partial charge is 0.238 e. The van der Waals surface area contributed by atoms with E-state index in [-0.39, 0.29) is 5.91 Å². The summed E-state index contributed by atoms with van der Waals surface area (Å²) in [7, 11) is 0. The minimum Gasteiger partial charge on any atom is -0.398 e. The molecule has 1 aliphatic heterocycles. The van der Waals surface area contributed by atoms with E-state index < -0.39 is 0 Å². The van der Waals surface area contributed by atoms with Crippen LogP contribution in [0, 0.1) is 5.41 Å². The minimum absolute atomic E-state index is 0.0788. The molecule has 1 aromatic heterocycles. The molecule has 3 aromatic rings. The van der Waals surface area contributed by atoms with E-state index in [9.17, 15) is 4.79 Å². The van der Waals surface area contributed by atoms with Crippen molar-refractivity contribution in [1.82, 2.24) is 4.90 Å². The maximum atomic E-state index is 12.5. The molecule has 7 heteroatoms. The number of nitrogens with zero attached hydrogens (tertiary/aromatic N) is 1. The van der Waals surface area contributed by atoms with E-state index in [1.54, 1.807) is 17.4 Å². The van der Waals surface area contributed by atoms with E-state index in [2.05, 4.69) is 28.4 Å². The zero-order valence-corrected chi connectivity index (χ0v) is 16.2. The van der Waals surface area contributed by atoms with Crippen LogP contribution in [0.3, 0.4) is 0 Å². The van der Waals surface area contributed by atoms with Crippen molar-refractivity contribution < 1.29 is 9.53 Å². The van der Waals surface area contributed by atoms with E-state index in [0.717, 1.165) is 28.9 Å². The molecule has 1 aliphatic rings. The van der Waals surface area contributed by atoms with Crippen LogP contribution in [-0.2, 0) is 9.53 Å². The van der Waals surface area contributed by atoms with E-state index in [4.69, 9.17) is 15.9 Å². The van der Waals surface area contributed by atoms with E-state index in [0.29, 0.717) is 36.7 Å². The molecule has 0 aliphatic carbocycles. The van der Waals surface area contributed by atoms with E-state index in [1.165, 1.54) is 10.9 Å². The third-order valence-corrected chi connectivity index (χ3v) is 5.96. The Bertz CT molecular complexity index is 991. The monoisotopic (exact) mass is 394 g/mol. The summed E-state index contributed by atoms with van der Waals surface area (Å²) in [6.45, 7) is 3.15. The highest BCUT2D eigenvalue weighted by atomic mass is 32.1. The van der Waals surface area contributed by atoms with Gasteiger partial charge in [-0.2, -0.15) is 0 Å². The second-order valence-electron chi connectivity index (χ2n) is 6.76. The molecule has 1 saturated heterocycles. The SMILES string of the molecule is N=Cc1cc(NC(=O)CN2CCOCC2)cc(-c2cc3ccccc3s2)c1N. The standard InChI is InChI=1S/C21H22N4O2S/c22-12-15-9-16(24-20(26)13-25-5-7-27-8-6-25)11-17(21(15)23)19-10-14-3-1-2-4-18(14)28-19/h1-4,9-12,22H,5-8,13,23H2,(H,24,26). The quantitative estimate of drug-likeness (QED) is 0.457. The fraction of sp³-hybridized carbons (Fsp3) is 0.238. The second-order valence-corrected chi connectivity index (χ2v) is 7.84. The maximum Gasteiger partial charge on any atom is 0.238 e. The van der Waals surface area contributed by atoms with Gasteiger partial charge in [0, 0.05) is 51.4 Å². The molecule has 0 radical (unpaired) electrons. The van der Waals surface area contributed by atoms with Gasteiger partial charge < -0.3 is 21.2 Å². The lowest BCUT2D eigenvalue weighted by atomic mass is 10.0. The van der Waals surface area contributed by atoms with Crippen molar-refractivity contribution >= 4 is 44.9 Å². The molecule has 1 amide bonds. The van der Waals surface area contributed by atoms with Gasteiger partial charge in [0.25, 0.3) is 0 Å². The first-order valence-electron chi connectivity index (χ1n) is 9.17. The summed E-state index contributed by atoms with van der Waals surface area (Å²) in [5.74, 6) is -0.0788. The number of ether oxygens (including phenoxy) is 1. The molecule has 144 valence electrons. The lowest BCUT2D eigenvalue weighted by Crippen LogP contribution is -2.41. The largest absolute Gasteiger partial charge is 0.398 e. The normalized spacial score (nSPS) is 14.9. The fourth-order valence-electron chi connectivity index (χ4n) is 3.35. The summed E-state index contributed by atoms with van der Waals surface area (Å²) >= 11 is 1.65. The van der Waals surface area contributed by atoms with Gasteiger partial charge in [-0.25, -0.2) is 0 Å². The number of carbonyl (C=O) groups excluding carboxylic acids is 1. The Morgan fingerprint density at radius 3 is 2.79 bits per heavy atom. The van der Waals surface area contributed by atoms with Gasteiger partial charge in [0.1, 0.15) is 0 Å². The lowest BCUT2D eigenvalue weighted by molar-refractivity contribution is -0.118. The molecule has 0 saturated carbocycles. The van der Waals surface area contributed by atoms with Crippen molar-refractivity contribution in [2.75, 3.05) is 43.9 Å². The number of fused-ring (bicyclic) bond motifs is 1. The van der Waals surface area contributed by atoms with Gasteiger partial charge in [-0.1, -0.05) is 18.2 Å². The average molecular weight is 395 g/mol. The summed E-state index contributed by atoms with van der Waals surface area (Å²) in [6.07, 6.45) is 1.23. The number of nitrogens with two attached hydrogens (primary N) is 1. The highest BCUT2D eigenvalue weighted by Crippen LogP contribution is 2.38. The van der Waals surface area contributed by atoms with Crippen LogP contribution in [0.4, 0.5) is 11.4 Å². The molecular weight excluding hydrogens is 372 g/mol. The van der Waals surface area contributed by atoms with Crippen LogP contribution in [0.2, 0.25) is 0 Å². The lowest BCUT2D eigenvalue weighted by Gasteiger charge is -2.25. The number of rotatable bonds is 5. The predicted molar refractivity (Wildman–Crippen MR) is 115 cm³/mol. The van der Waals surface area contributed by atoms with Crippen molar-refractivity contribution in [2.45, 2.75) is 0 Å². The molecule has 1 fully saturated rings. The molecular formula is C21H22N4O2S. The summed E-state index contributed by atoms with van der Waals surface area (Å²) in [5, 5.41) is 11.8. The van der Waals surface area contributed by atoms with Crippen molar-refractivity contribution in [3.05, 3.63) is 48.0 Å². The van der Waals surface area contributed by atoms with Crippen LogP contribution < -0.4 is 11.1 Å². The summed E-state index contributed by atoms with van der Waals surface area (Å²) in [6, 6.07) is 13.9. The van der Waals surface area contributed by atoms with Gasteiger partial charge in [-0.3, -0.25) is 9.69 Å². The number of nitrogens with one attached hydrogen (secondary N) is 2. The van der Waals surface area contributed by atoms with Gasteiger partial charge in [0.05, 0.1) is 19.8 Å². The van der Waals surface area contributed by atoms with Gasteiger partial charge in [0.2, 0.25) is 5.91 Å². The minimum atomic E-state index is -0.0788. The Labute approximate surface area is 167 Å². The van der Waals surface area contributed by atoms with Crippen LogP contribution in [0.15, 0.2) is 42.5 Å². The average Bonchev–Trinajstić information content (AvgIpc) is 3.14. The van der Waals surface area contributed by atoms with Crippen molar-refractivity contribution in [3.63, 3.8) is 0 Å². The Morgan fingerprint density at radius 2 is 2.04 bits per heavy atom. The fourth-order valence-corrected chi connectivity index (χ4v) is 4.44. The highest BCUT2D eigenvalue weighted by molar-refractivity contribution is 7.22. The predicted octanol–water partition coefficient (Wildman–Crippen LogP) is 3.42. The van der Waals surface area contributed by atoms with E-state index >= 15 is 0 Å². The highest BCUT2D eigenvalue weighted by Gasteiger charge is 2.16. The van der Waals surface area contributed by atoms with Crippen molar-refractivity contribution in [3.8, 4) is 10.4 Å². The van der Waals surface area contributed by atoms with Gasteiger partial charge >= 0.3 is 0 Å². The molecule has 4 rings (SSSR count). The van der Waals surface area contributed by atoms with Gasteiger partial charge in [-0.05, 0) is 29.7 Å². The molecule has 28 heavy (non-hydrogen) atoms. The first kappa shape index (κ1) is 18.6. The molecule has 4 N–H and O–H groups in total. The second kappa shape index (κ2) is 8.10. The molecule has 6 nitrogen and oxygen atoms in total. The summed E-state index contributed by atoms with van der Waals surface area (Å²) in [5.41, 5.74) is 8.95. The number of hydrogen-bond donors (Lipinski definition) is 3. The molecule has 0 spiro atoms.